The number of hydrogen-bond acceptors (Lipinski definition) is 1. The molecule has 1 saturated carbocycles. The lowest BCUT2D eigenvalue weighted by Gasteiger charge is -2.26. The summed E-state index contributed by atoms with van der Waals surface area (Å²) >= 11 is 6.03. The lowest BCUT2D eigenvalue weighted by molar-refractivity contribution is 0.335. The van der Waals surface area contributed by atoms with Gasteiger partial charge in [-0.1, -0.05) is 36.9 Å². The van der Waals surface area contributed by atoms with E-state index in [9.17, 15) is 9.65 Å². The highest BCUT2D eigenvalue weighted by molar-refractivity contribution is 6.31. The molecule has 0 spiro atoms. The molecule has 1 atom stereocenters. The van der Waals surface area contributed by atoms with Crippen molar-refractivity contribution in [2.24, 2.45) is 5.92 Å². The van der Waals surface area contributed by atoms with Crippen molar-refractivity contribution in [3.05, 3.63) is 34.6 Å². The molecule has 17 heavy (non-hydrogen) atoms. The van der Waals surface area contributed by atoms with E-state index in [1.54, 1.807) is 6.07 Å². The van der Waals surface area contributed by atoms with Gasteiger partial charge >= 0.3 is 0 Å². The molecule has 0 bridgehead atoms. The van der Waals surface area contributed by atoms with Crippen LogP contribution < -0.4 is 0 Å². The number of nitriles is 1. The van der Waals surface area contributed by atoms with Crippen LogP contribution in [-0.2, 0) is 0 Å². The SMILES string of the molecule is N#CC(c1ccc(F)cc1Cl)C1CCCCC1. The Morgan fingerprint density at radius 1 is 1.29 bits per heavy atom. The third-order valence-corrected chi connectivity index (χ3v) is 3.89. The number of benzene rings is 1. The average Bonchev–Trinajstić information content (AvgIpc) is 2.34. The van der Waals surface area contributed by atoms with E-state index in [0.717, 1.165) is 18.4 Å². The Morgan fingerprint density at radius 3 is 2.59 bits per heavy atom. The number of rotatable bonds is 2. The van der Waals surface area contributed by atoms with Gasteiger partial charge in [-0.3, -0.25) is 0 Å². The maximum absolute atomic E-state index is 13.0. The van der Waals surface area contributed by atoms with Crippen molar-refractivity contribution in [3.63, 3.8) is 0 Å². The molecule has 0 radical (unpaired) electrons. The van der Waals surface area contributed by atoms with Crippen molar-refractivity contribution < 1.29 is 4.39 Å². The lowest BCUT2D eigenvalue weighted by atomic mass is 9.77. The zero-order valence-electron chi connectivity index (χ0n) is 9.63. The van der Waals surface area contributed by atoms with Gasteiger partial charge in [0.05, 0.1) is 12.0 Å². The molecule has 0 heterocycles. The summed E-state index contributed by atoms with van der Waals surface area (Å²) in [6, 6.07) is 6.67. The normalized spacial score (nSPS) is 18.6. The summed E-state index contributed by atoms with van der Waals surface area (Å²) in [5, 5.41) is 9.70. The Balaban J connectivity index is 2.25. The molecule has 1 aliphatic rings. The van der Waals surface area contributed by atoms with Crippen LogP contribution in [-0.4, -0.2) is 0 Å². The van der Waals surface area contributed by atoms with Crippen molar-refractivity contribution >= 4 is 11.6 Å². The Morgan fingerprint density at radius 2 is 2.00 bits per heavy atom. The first-order valence-corrected chi connectivity index (χ1v) is 6.44. The van der Waals surface area contributed by atoms with Gasteiger partial charge in [0.25, 0.3) is 0 Å². The van der Waals surface area contributed by atoms with Crippen LogP contribution in [0.2, 0.25) is 5.02 Å². The predicted molar refractivity (Wildman–Crippen MR) is 66.3 cm³/mol. The van der Waals surface area contributed by atoms with Crippen molar-refractivity contribution in [2.75, 3.05) is 0 Å². The molecule has 1 aromatic carbocycles. The standard InChI is InChI=1S/C14H15ClFN/c15-14-8-11(16)6-7-12(14)13(9-17)10-4-2-1-3-5-10/h6-8,10,13H,1-5H2. The van der Waals surface area contributed by atoms with Crippen LogP contribution in [0.4, 0.5) is 4.39 Å². The molecule has 0 aromatic heterocycles. The van der Waals surface area contributed by atoms with Crippen LogP contribution in [0.25, 0.3) is 0 Å². The number of hydrogen-bond donors (Lipinski definition) is 0. The minimum atomic E-state index is -0.348. The Bertz CT molecular complexity index is 432. The van der Waals surface area contributed by atoms with Gasteiger partial charge in [0.1, 0.15) is 5.82 Å². The van der Waals surface area contributed by atoms with Gasteiger partial charge in [0, 0.05) is 5.02 Å². The van der Waals surface area contributed by atoms with E-state index in [1.165, 1.54) is 31.4 Å². The third kappa shape index (κ3) is 2.79. The van der Waals surface area contributed by atoms with E-state index in [4.69, 9.17) is 11.6 Å². The fourth-order valence-corrected chi connectivity index (χ4v) is 2.93. The minimum absolute atomic E-state index is 0.191. The van der Waals surface area contributed by atoms with Crippen LogP contribution >= 0.6 is 11.6 Å². The van der Waals surface area contributed by atoms with Crippen LogP contribution in [0, 0.1) is 23.1 Å². The monoisotopic (exact) mass is 251 g/mol. The molecular formula is C14H15ClFN. The molecule has 2 rings (SSSR count). The van der Waals surface area contributed by atoms with E-state index in [0.29, 0.717) is 10.9 Å². The van der Waals surface area contributed by atoms with Crippen molar-refractivity contribution in [1.29, 1.82) is 5.26 Å². The highest BCUT2D eigenvalue weighted by atomic mass is 35.5. The average molecular weight is 252 g/mol. The first-order chi connectivity index (χ1) is 8.22. The highest BCUT2D eigenvalue weighted by Crippen LogP contribution is 2.38. The number of nitrogens with zero attached hydrogens (tertiary/aromatic N) is 1. The molecular weight excluding hydrogens is 237 g/mol. The molecule has 0 amide bonds. The van der Waals surface area contributed by atoms with Gasteiger partial charge in [0.2, 0.25) is 0 Å². The summed E-state index contributed by atoms with van der Waals surface area (Å²) in [5.41, 5.74) is 0.780. The maximum Gasteiger partial charge on any atom is 0.124 e. The summed E-state index contributed by atoms with van der Waals surface area (Å²) in [7, 11) is 0. The van der Waals surface area contributed by atoms with Crippen LogP contribution in [0.3, 0.4) is 0 Å². The molecule has 0 aliphatic heterocycles. The first-order valence-electron chi connectivity index (χ1n) is 6.07. The van der Waals surface area contributed by atoms with Gasteiger partial charge in [0.15, 0.2) is 0 Å². The summed E-state index contributed by atoms with van der Waals surface area (Å²) in [5.74, 6) is -0.167. The second-order valence-corrected chi connectivity index (χ2v) is 5.08. The maximum atomic E-state index is 13.0. The van der Waals surface area contributed by atoms with Crippen LogP contribution in [0.5, 0.6) is 0 Å². The largest absolute Gasteiger partial charge is 0.207 e. The van der Waals surface area contributed by atoms with Gasteiger partial charge in [-0.2, -0.15) is 5.26 Å². The molecule has 3 heteroatoms. The Labute approximate surface area is 106 Å². The molecule has 0 saturated heterocycles. The molecule has 1 aliphatic carbocycles. The van der Waals surface area contributed by atoms with Crippen LogP contribution in [0.1, 0.15) is 43.6 Å². The zero-order chi connectivity index (χ0) is 12.3. The van der Waals surface area contributed by atoms with E-state index in [2.05, 4.69) is 6.07 Å². The van der Waals surface area contributed by atoms with Crippen molar-refractivity contribution in [2.45, 2.75) is 38.0 Å². The third-order valence-electron chi connectivity index (χ3n) is 3.56. The predicted octanol–water partition coefficient (Wildman–Crippen LogP) is 4.67. The van der Waals surface area contributed by atoms with Crippen LogP contribution in [0.15, 0.2) is 18.2 Å². The molecule has 1 aromatic rings. The fourth-order valence-electron chi connectivity index (χ4n) is 2.65. The van der Waals surface area contributed by atoms with Gasteiger partial charge in [-0.05, 0) is 36.5 Å². The zero-order valence-corrected chi connectivity index (χ0v) is 10.4. The van der Waals surface area contributed by atoms with Gasteiger partial charge < -0.3 is 0 Å². The van der Waals surface area contributed by atoms with Crippen molar-refractivity contribution in [3.8, 4) is 6.07 Å². The topological polar surface area (TPSA) is 23.8 Å². The second-order valence-electron chi connectivity index (χ2n) is 4.67. The number of halogens is 2. The molecule has 1 nitrogen and oxygen atoms in total. The van der Waals surface area contributed by atoms with Gasteiger partial charge in [-0.15, -0.1) is 0 Å². The quantitative estimate of drug-likeness (QED) is 0.750. The lowest BCUT2D eigenvalue weighted by Crippen LogP contribution is -2.15. The Hall–Kier alpha value is -1.07. The fraction of sp³-hybridized carbons (Fsp3) is 0.500. The van der Waals surface area contributed by atoms with Crippen molar-refractivity contribution in [1.82, 2.24) is 0 Å². The molecule has 1 unspecified atom stereocenters. The highest BCUT2D eigenvalue weighted by Gasteiger charge is 2.26. The minimum Gasteiger partial charge on any atom is -0.207 e. The smallest absolute Gasteiger partial charge is 0.124 e. The summed E-state index contributed by atoms with van der Waals surface area (Å²) in [4.78, 5) is 0. The summed E-state index contributed by atoms with van der Waals surface area (Å²) < 4.78 is 13.0. The first kappa shape index (κ1) is 12.4. The summed E-state index contributed by atoms with van der Waals surface area (Å²) in [6.45, 7) is 0. The Kier molecular flexibility index (Phi) is 4.02. The van der Waals surface area contributed by atoms with E-state index < -0.39 is 0 Å². The molecule has 0 N–H and O–H groups in total. The summed E-state index contributed by atoms with van der Waals surface area (Å²) in [6.07, 6.45) is 5.77. The molecule has 90 valence electrons. The van der Waals surface area contributed by atoms with E-state index >= 15 is 0 Å². The second kappa shape index (κ2) is 5.51. The van der Waals surface area contributed by atoms with Gasteiger partial charge in [-0.25, -0.2) is 4.39 Å². The van der Waals surface area contributed by atoms with E-state index in [-0.39, 0.29) is 11.7 Å². The van der Waals surface area contributed by atoms with E-state index in [1.807, 2.05) is 0 Å². The molecule has 1 fully saturated rings.